The summed E-state index contributed by atoms with van der Waals surface area (Å²) in [6, 6.07) is 15.2. The third-order valence-corrected chi connectivity index (χ3v) is 5.99. The van der Waals surface area contributed by atoms with Crippen molar-refractivity contribution in [3.8, 4) is 5.75 Å². The van der Waals surface area contributed by atoms with Crippen LogP contribution >= 0.6 is 0 Å². The van der Waals surface area contributed by atoms with Crippen molar-refractivity contribution in [3.63, 3.8) is 0 Å². The highest BCUT2D eigenvalue weighted by molar-refractivity contribution is 5.93. The van der Waals surface area contributed by atoms with Gasteiger partial charge in [-0.3, -0.25) is 9.59 Å². The van der Waals surface area contributed by atoms with E-state index in [0.717, 1.165) is 42.9 Å². The molecule has 1 aliphatic heterocycles. The van der Waals surface area contributed by atoms with Gasteiger partial charge in [-0.25, -0.2) is 0 Å². The van der Waals surface area contributed by atoms with Crippen molar-refractivity contribution in [2.24, 2.45) is 5.73 Å². The predicted octanol–water partition coefficient (Wildman–Crippen LogP) is 3.47. The van der Waals surface area contributed by atoms with Crippen LogP contribution in [0, 0.1) is 0 Å². The number of hydrogen-bond donors (Lipinski definition) is 1. The topological polar surface area (TPSA) is 75.9 Å². The molecule has 6 heteroatoms. The number of nitrogens with zero attached hydrogens (tertiary/aromatic N) is 2. The van der Waals surface area contributed by atoms with Crippen LogP contribution in [-0.2, 0) is 4.79 Å². The van der Waals surface area contributed by atoms with Crippen LogP contribution in [-0.4, -0.2) is 49.0 Å². The number of benzene rings is 2. The van der Waals surface area contributed by atoms with Gasteiger partial charge in [0, 0.05) is 43.5 Å². The molecule has 0 spiro atoms. The molecule has 2 aliphatic rings. The van der Waals surface area contributed by atoms with Gasteiger partial charge in [0.25, 0.3) is 0 Å². The second-order valence-corrected chi connectivity index (χ2v) is 8.15. The Morgan fingerprint density at radius 2 is 1.68 bits per heavy atom. The summed E-state index contributed by atoms with van der Waals surface area (Å²) in [6.45, 7) is 2.82. The predicted molar refractivity (Wildman–Crippen MR) is 122 cm³/mol. The number of anilines is 1. The van der Waals surface area contributed by atoms with Gasteiger partial charge < -0.3 is 20.3 Å². The normalized spacial score (nSPS) is 17.3. The van der Waals surface area contributed by atoms with Gasteiger partial charge in [-0.15, -0.1) is 0 Å². The fraction of sp³-hybridized carbons (Fsp3) is 0.360. The quantitative estimate of drug-likeness (QED) is 0.728. The molecular weight excluding hydrogens is 390 g/mol. The van der Waals surface area contributed by atoms with Crippen LogP contribution in [0.1, 0.15) is 41.6 Å². The molecule has 0 bridgehead atoms. The summed E-state index contributed by atoms with van der Waals surface area (Å²) in [7, 11) is 0. The molecule has 0 aromatic heterocycles. The van der Waals surface area contributed by atoms with Crippen LogP contribution in [0.4, 0.5) is 5.69 Å². The van der Waals surface area contributed by atoms with Crippen molar-refractivity contribution in [2.45, 2.75) is 31.8 Å². The Bertz CT molecular complexity index is 941. The molecule has 2 aromatic rings. The fourth-order valence-electron chi connectivity index (χ4n) is 4.18. The van der Waals surface area contributed by atoms with E-state index in [9.17, 15) is 9.59 Å². The largest absolute Gasteiger partial charge is 0.490 e. The summed E-state index contributed by atoms with van der Waals surface area (Å²) in [6.07, 6.45) is 8.56. The number of nitrogens with two attached hydrogens (primary N) is 1. The van der Waals surface area contributed by atoms with Gasteiger partial charge >= 0.3 is 0 Å². The van der Waals surface area contributed by atoms with Crippen molar-refractivity contribution in [3.05, 3.63) is 65.7 Å². The summed E-state index contributed by atoms with van der Waals surface area (Å²) < 4.78 is 6.05. The zero-order valence-corrected chi connectivity index (χ0v) is 17.7. The Hall–Kier alpha value is -3.28. The first-order valence-corrected chi connectivity index (χ1v) is 11.0. The number of amides is 2. The van der Waals surface area contributed by atoms with Crippen LogP contribution in [0.5, 0.6) is 5.75 Å². The Morgan fingerprint density at radius 1 is 0.968 bits per heavy atom. The molecule has 2 fully saturated rings. The number of piperazine rings is 1. The zero-order valence-electron chi connectivity index (χ0n) is 17.7. The average Bonchev–Trinajstić information content (AvgIpc) is 3.31. The molecule has 1 saturated carbocycles. The maximum Gasteiger partial charge on any atom is 0.248 e. The van der Waals surface area contributed by atoms with E-state index in [-0.39, 0.29) is 5.91 Å². The van der Waals surface area contributed by atoms with Crippen molar-refractivity contribution in [1.82, 2.24) is 4.90 Å². The second-order valence-electron chi connectivity index (χ2n) is 8.15. The van der Waals surface area contributed by atoms with Crippen molar-refractivity contribution >= 4 is 23.6 Å². The first-order chi connectivity index (χ1) is 15.1. The van der Waals surface area contributed by atoms with Crippen LogP contribution in [0.2, 0.25) is 0 Å². The summed E-state index contributed by atoms with van der Waals surface area (Å²) in [5.74, 6) is 0.465. The van der Waals surface area contributed by atoms with Crippen LogP contribution < -0.4 is 15.4 Å². The molecular formula is C25H29N3O3. The maximum atomic E-state index is 12.6. The molecule has 162 valence electrons. The molecule has 0 atom stereocenters. The smallest absolute Gasteiger partial charge is 0.248 e. The molecule has 31 heavy (non-hydrogen) atoms. The first kappa shape index (κ1) is 21.0. The minimum Gasteiger partial charge on any atom is -0.490 e. The molecule has 0 unspecified atom stereocenters. The van der Waals surface area contributed by atoms with Gasteiger partial charge in [-0.05, 0) is 73.7 Å². The minimum atomic E-state index is -0.426. The van der Waals surface area contributed by atoms with Crippen molar-refractivity contribution < 1.29 is 14.3 Å². The highest BCUT2D eigenvalue weighted by Crippen LogP contribution is 2.25. The summed E-state index contributed by atoms with van der Waals surface area (Å²) in [5, 5.41) is 0. The fourth-order valence-corrected chi connectivity index (χ4v) is 4.18. The number of carbonyl (C=O) groups is 2. The van der Waals surface area contributed by atoms with E-state index in [4.69, 9.17) is 10.5 Å². The summed E-state index contributed by atoms with van der Waals surface area (Å²) >= 11 is 0. The molecule has 1 saturated heterocycles. The monoisotopic (exact) mass is 419 g/mol. The summed E-state index contributed by atoms with van der Waals surface area (Å²) in [5.41, 5.74) is 7.80. The van der Waals surface area contributed by atoms with Gasteiger partial charge in [0.2, 0.25) is 11.8 Å². The van der Waals surface area contributed by atoms with E-state index in [1.165, 1.54) is 12.8 Å². The minimum absolute atomic E-state index is 0.0193. The lowest BCUT2D eigenvalue weighted by atomic mass is 10.1. The Morgan fingerprint density at radius 3 is 2.35 bits per heavy atom. The molecule has 6 nitrogen and oxygen atoms in total. The number of ether oxygens (including phenoxy) is 1. The van der Waals surface area contributed by atoms with E-state index >= 15 is 0 Å². The lowest BCUT2D eigenvalue weighted by Crippen LogP contribution is -2.48. The van der Waals surface area contributed by atoms with Crippen LogP contribution in [0.25, 0.3) is 6.08 Å². The molecule has 2 amide bonds. The maximum absolute atomic E-state index is 12.6. The van der Waals surface area contributed by atoms with E-state index in [0.29, 0.717) is 24.8 Å². The van der Waals surface area contributed by atoms with Crippen molar-refractivity contribution in [1.29, 1.82) is 0 Å². The van der Waals surface area contributed by atoms with E-state index in [1.54, 1.807) is 18.2 Å². The van der Waals surface area contributed by atoms with Crippen molar-refractivity contribution in [2.75, 3.05) is 31.1 Å². The standard InChI is InChI=1S/C25H29N3O3/c26-25(30)20-9-11-21(12-10-20)27-14-16-28(17-15-27)24(29)13-8-19-4-3-7-23(18-19)31-22-5-1-2-6-22/h3-4,7-13,18,22H,1-2,5-6,14-17H2,(H2,26,30)/b13-8+. The zero-order chi connectivity index (χ0) is 21.6. The number of carbonyl (C=O) groups excluding carboxylic acids is 2. The molecule has 2 aromatic carbocycles. The van der Waals surface area contributed by atoms with Gasteiger partial charge in [0.1, 0.15) is 5.75 Å². The number of hydrogen-bond acceptors (Lipinski definition) is 4. The highest BCUT2D eigenvalue weighted by atomic mass is 16.5. The molecule has 0 radical (unpaired) electrons. The van der Waals surface area contributed by atoms with Crippen LogP contribution in [0.15, 0.2) is 54.6 Å². The molecule has 1 aliphatic carbocycles. The van der Waals surface area contributed by atoms with E-state index < -0.39 is 5.91 Å². The molecule has 4 rings (SSSR count). The second kappa shape index (κ2) is 9.69. The highest BCUT2D eigenvalue weighted by Gasteiger charge is 2.20. The Kier molecular flexibility index (Phi) is 6.55. The third-order valence-electron chi connectivity index (χ3n) is 5.99. The number of rotatable bonds is 6. The van der Waals surface area contributed by atoms with Gasteiger partial charge in [0.05, 0.1) is 6.10 Å². The van der Waals surface area contributed by atoms with Gasteiger partial charge in [-0.2, -0.15) is 0 Å². The summed E-state index contributed by atoms with van der Waals surface area (Å²) in [4.78, 5) is 27.9. The van der Waals surface area contributed by atoms with Crippen LogP contribution in [0.3, 0.4) is 0 Å². The number of primary amides is 1. The van der Waals surface area contributed by atoms with E-state index in [2.05, 4.69) is 4.90 Å². The van der Waals surface area contributed by atoms with Gasteiger partial charge in [0.15, 0.2) is 0 Å². The Labute approximate surface area is 183 Å². The lowest BCUT2D eigenvalue weighted by molar-refractivity contribution is -0.126. The van der Waals surface area contributed by atoms with E-state index in [1.807, 2.05) is 47.4 Å². The Balaban J connectivity index is 1.29. The average molecular weight is 420 g/mol. The lowest BCUT2D eigenvalue weighted by Gasteiger charge is -2.35. The first-order valence-electron chi connectivity index (χ1n) is 11.0. The SMILES string of the molecule is NC(=O)c1ccc(N2CCN(C(=O)/C=C/c3cccc(OC4CCCC4)c3)CC2)cc1. The van der Waals surface area contributed by atoms with Gasteiger partial charge in [-0.1, -0.05) is 12.1 Å². The molecule has 2 N–H and O–H groups in total. The third kappa shape index (κ3) is 5.45. The molecule has 1 heterocycles.